The van der Waals surface area contributed by atoms with Gasteiger partial charge in [-0.3, -0.25) is 4.90 Å². The van der Waals surface area contributed by atoms with Gasteiger partial charge in [0.1, 0.15) is 12.1 Å². The minimum Gasteiger partial charge on any atom is -0.493 e. The number of fused-ring (bicyclic) bond motifs is 1. The maximum Gasteiger partial charge on any atom is 0.296 e. The van der Waals surface area contributed by atoms with Crippen molar-refractivity contribution in [2.24, 2.45) is 0 Å². The minimum absolute atomic E-state index is 0.0275. The summed E-state index contributed by atoms with van der Waals surface area (Å²) in [7, 11) is 1.42. The van der Waals surface area contributed by atoms with Crippen molar-refractivity contribution in [2.75, 3.05) is 38.7 Å². The molecule has 1 N–H and O–H groups in total. The highest BCUT2D eigenvalue weighted by molar-refractivity contribution is 6.31. The van der Waals surface area contributed by atoms with Crippen LogP contribution in [0.3, 0.4) is 0 Å². The zero-order valence-electron chi connectivity index (χ0n) is 18.2. The second-order valence-corrected chi connectivity index (χ2v) is 8.69. The van der Waals surface area contributed by atoms with Crippen LogP contribution in [-0.2, 0) is 4.74 Å². The number of methoxy groups -OCH3 is 1. The number of nitrogens with zero attached hydrogens (tertiary/aromatic N) is 3. The third-order valence-electron chi connectivity index (χ3n) is 6.09. The Morgan fingerprint density at radius 2 is 2.03 bits per heavy atom. The lowest BCUT2D eigenvalue weighted by Crippen LogP contribution is -2.60. The molecule has 7 nitrogen and oxygen atoms in total. The normalized spacial score (nSPS) is 20.7. The van der Waals surface area contributed by atoms with Gasteiger partial charge in [0.15, 0.2) is 23.4 Å². The lowest BCUT2D eigenvalue weighted by molar-refractivity contribution is -0.170. The first-order valence-electron chi connectivity index (χ1n) is 10.8. The van der Waals surface area contributed by atoms with Crippen molar-refractivity contribution >= 4 is 34.0 Å². The molecule has 2 aliphatic rings. The molecular weight excluding hydrogens is 473 g/mol. The molecule has 0 aliphatic carbocycles. The number of alkyl halides is 2. The summed E-state index contributed by atoms with van der Waals surface area (Å²) in [6, 6.07) is 7.67. The molecule has 0 radical (unpaired) electrons. The van der Waals surface area contributed by atoms with Crippen molar-refractivity contribution in [3.8, 4) is 11.5 Å². The van der Waals surface area contributed by atoms with Gasteiger partial charge >= 0.3 is 0 Å². The van der Waals surface area contributed by atoms with Gasteiger partial charge in [-0.2, -0.15) is 0 Å². The van der Waals surface area contributed by atoms with Crippen molar-refractivity contribution in [3.63, 3.8) is 0 Å². The number of hydrogen-bond donors (Lipinski definition) is 1. The number of hydrogen-bond acceptors (Lipinski definition) is 7. The van der Waals surface area contributed by atoms with Gasteiger partial charge in [0, 0.05) is 24.4 Å². The highest BCUT2D eigenvalue weighted by Gasteiger charge is 2.48. The summed E-state index contributed by atoms with van der Waals surface area (Å²) in [5, 5.41) is 3.30. The van der Waals surface area contributed by atoms with Gasteiger partial charge < -0.3 is 19.5 Å². The average molecular weight is 495 g/mol. The van der Waals surface area contributed by atoms with E-state index in [4.69, 9.17) is 25.8 Å². The number of ether oxygens (including phenoxy) is 3. The van der Waals surface area contributed by atoms with E-state index >= 15 is 0 Å². The van der Waals surface area contributed by atoms with E-state index in [1.807, 2.05) is 0 Å². The monoisotopic (exact) mass is 494 g/mol. The Hall–Kier alpha value is -2.82. The number of likely N-dealkylation sites (tertiary alicyclic amines) is 1. The summed E-state index contributed by atoms with van der Waals surface area (Å²) >= 11 is 5.88. The van der Waals surface area contributed by atoms with Gasteiger partial charge in [-0.15, -0.1) is 0 Å². The van der Waals surface area contributed by atoms with Crippen LogP contribution in [0.5, 0.6) is 11.5 Å². The zero-order valence-corrected chi connectivity index (χ0v) is 19.0. The molecule has 0 unspecified atom stereocenters. The van der Waals surface area contributed by atoms with Crippen LogP contribution in [0.2, 0.25) is 5.02 Å². The summed E-state index contributed by atoms with van der Waals surface area (Å²) < 4.78 is 60.7. The molecule has 0 amide bonds. The molecule has 0 bridgehead atoms. The Morgan fingerprint density at radius 1 is 1.21 bits per heavy atom. The summed E-state index contributed by atoms with van der Waals surface area (Å²) in [5.41, 5.74) is 0.584. The van der Waals surface area contributed by atoms with Crippen molar-refractivity contribution < 1.29 is 27.4 Å². The van der Waals surface area contributed by atoms with Crippen LogP contribution in [0, 0.1) is 5.82 Å². The molecule has 1 atom stereocenters. The third kappa shape index (κ3) is 4.33. The highest BCUT2D eigenvalue weighted by atomic mass is 35.5. The van der Waals surface area contributed by atoms with E-state index in [1.54, 1.807) is 17.0 Å². The second-order valence-electron chi connectivity index (χ2n) is 8.29. The third-order valence-corrected chi connectivity index (χ3v) is 6.39. The molecule has 2 fully saturated rings. The Morgan fingerprint density at radius 3 is 2.74 bits per heavy atom. The number of benzene rings is 2. The largest absolute Gasteiger partial charge is 0.493 e. The van der Waals surface area contributed by atoms with Crippen LogP contribution in [0.1, 0.15) is 6.42 Å². The fraction of sp³-hybridized carbons (Fsp3) is 0.391. The van der Waals surface area contributed by atoms with Crippen LogP contribution in [0.4, 0.5) is 24.7 Å². The molecule has 2 aliphatic heterocycles. The predicted molar refractivity (Wildman–Crippen MR) is 121 cm³/mol. The van der Waals surface area contributed by atoms with Crippen molar-refractivity contribution in [3.05, 3.63) is 47.5 Å². The van der Waals surface area contributed by atoms with Crippen molar-refractivity contribution in [2.45, 2.75) is 24.5 Å². The molecule has 3 heterocycles. The van der Waals surface area contributed by atoms with Crippen molar-refractivity contribution in [1.82, 2.24) is 14.9 Å². The fourth-order valence-corrected chi connectivity index (χ4v) is 4.31. The first-order chi connectivity index (χ1) is 16.4. The Balaban J connectivity index is 1.45. The Kier molecular flexibility index (Phi) is 6.13. The summed E-state index contributed by atoms with van der Waals surface area (Å²) in [6.07, 6.45) is 0.123. The van der Waals surface area contributed by atoms with E-state index in [2.05, 4.69) is 15.3 Å². The SMILES string of the molecule is COc1cc2ncnc(Nc3cccc(Cl)c3F)c2cc1O[C@@H]1CCN(C2COC2)CC1(F)F. The first-order valence-corrected chi connectivity index (χ1v) is 11.1. The number of rotatable bonds is 6. The van der Waals surface area contributed by atoms with E-state index in [9.17, 15) is 13.2 Å². The number of nitrogens with one attached hydrogen (secondary N) is 1. The Bertz CT molecular complexity index is 1210. The van der Waals surface area contributed by atoms with Gasteiger partial charge in [0.05, 0.1) is 49.1 Å². The van der Waals surface area contributed by atoms with E-state index in [0.29, 0.717) is 30.7 Å². The predicted octanol–water partition coefficient (Wildman–Crippen LogP) is 4.66. The molecule has 11 heteroatoms. The molecule has 34 heavy (non-hydrogen) atoms. The van der Waals surface area contributed by atoms with Crippen LogP contribution in [0.25, 0.3) is 10.9 Å². The molecule has 3 aromatic rings. The van der Waals surface area contributed by atoms with Crippen LogP contribution in [-0.4, -0.2) is 66.3 Å². The maximum absolute atomic E-state index is 15.0. The summed E-state index contributed by atoms with van der Waals surface area (Å²) in [4.78, 5) is 10.2. The number of aromatic nitrogens is 2. The average Bonchev–Trinajstić information content (AvgIpc) is 2.77. The van der Waals surface area contributed by atoms with Gasteiger partial charge in [0.25, 0.3) is 5.92 Å². The molecule has 2 aromatic carbocycles. The fourth-order valence-electron chi connectivity index (χ4n) is 4.13. The molecule has 0 spiro atoms. The number of halogens is 4. The summed E-state index contributed by atoms with van der Waals surface area (Å²) in [5.74, 6) is -3.04. The maximum atomic E-state index is 15.0. The molecule has 2 saturated heterocycles. The standard InChI is InChI=1S/C23H22ClF3N4O3/c1-32-18-8-17-14(22(29-12-28-17)30-16-4-2-3-15(24)21(16)25)7-19(18)34-20-5-6-31(11-23(20,26)27)13-9-33-10-13/h2-4,7-8,12-13,20H,5-6,9-11H2,1H3,(H,28,29,30)/t20-/m1/s1. The number of anilines is 2. The highest BCUT2D eigenvalue weighted by Crippen LogP contribution is 2.39. The van der Waals surface area contributed by atoms with Gasteiger partial charge in [-0.05, 0) is 18.2 Å². The zero-order chi connectivity index (χ0) is 23.9. The van der Waals surface area contributed by atoms with E-state index < -0.39 is 24.4 Å². The smallest absolute Gasteiger partial charge is 0.296 e. The minimum atomic E-state index is -3.06. The lowest BCUT2D eigenvalue weighted by atomic mass is 10.0. The number of piperidine rings is 1. The van der Waals surface area contributed by atoms with E-state index in [-0.39, 0.29) is 40.5 Å². The molecule has 180 valence electrons. The van der Waals surface area contributed by atoms with Crippen LogP contribution >= 0.6 is 11.6 Å². The molecule has 1 aromatic heterocycles. The van der Waals surface area contributed by atoms with Gasteiger partial charge in [-0.1, -0.05) is 17.7 Å². The van der Waals surface area contributed by atoms with Gasteiger partial charge in [-0.25, -0.2) is 23.1 Å². The van der Waals surface area contributed by atoms with E-state index in [0.717, 1.165) is 0 Å². The van der Waals surface area contributed by atoms with Crippen LogP contribution < -0.4 is 14.8 Å². The lowest BCUT2D eigenvalue weighted by Gasteiger charge is -2.44. The van der Waals surface area contributed by atoms with Gasteiger partial charge in [0.2, 0.25) is 0 Å². The van der Waals surface area contributed by atoms with Crippen molar-refractivity contribution in [1.29, 1.82) is 0 Å². The quantitative estimate of drug-likeness (QED) is 0.534. The summed E-state index contributed by atoms with van der Waals surface area (Å²) in [6.45, 7) is 1.03. The Labute approximate surface area is 198 Å². The molecular formula is C23H22ClF3N4O3. The molecule has 5 rings (SSSR count). The van der Waals surface area contributed by atoms with E-state index in [1.165, 1.54) is 31.6 Å². The first kappa shape index (κ1) is 22.9. The topological polar surface area (TPSA) is 68.7 Å². The second kappa shape index (κ2) is 9.09. The van der Waals surface area contributed by atoms with Crippen LogP contribution in [0.15, 0.2) is 36.7 Å². The molecule has 0 saturated carbocycles.